The number of amides is 1. The van der Waals surface area contributed by atoms with Crippen molar-refractivity contribution in [3.63, 3.8) is 0 Å². The maximum atomic E-state index is 13.3. The van der Waals surface area contributed by atoms with Gasteiger partial charge in [-0.15, -0.1) is 11.3 Å². The molecule has 1 saturated heterocycles. The van der Waals surface area contributed by atoms with Crippen molar-refractivity contribution in [1.29, 1.82) is 0 Å². The van der Waals surface area contributed by atoms with E-state index in [4.69, 9.17) is 16.3 Å². The van der Waals surface area contributed by atoms with Crippen LogP contribution in [0.15, 0.2) is 64.9 Å². The first-order valence-corrected chi connectivity index (χ1v) is 13.0. The highest BCUT2D eigenvalue weighted by atomic mass is 35.5. The van der Waals surface area contributed by atoms with Gasteiger partial charge < -0.3 is 10.1 Å². The average Bonchev–Trinajstić information content (AvgIpc) is 3.47. The molecule has 174 valence electrons. The molecule has 1 aromatic heterocycles. The Morgan fingerprint density at radius 3 is 2.70 bits per heavy atom. The topological polar surface area (TPSA) is 75.7 Å². The number of rotatable bonds is 8. The van der Waals surface area contributed by atoms with Crippen molar-refractivity contribution in [2.75, 3.05) is 6.54 Å². The van der Waals surface area contributed by atoms with Crippen molar-refractivity contribution in [2.45, 2.75) is 36.2 Å². The fourth-order valence-corrected chi connectivity index (χ4v) is 6.96. The summed E-state index contributed by atoms with van der Waals surface area (Å²) >= 11 is 6.88. The lowest BCUT2D eigenvalue weighted by Gasteiger charge is -2.22. The molecule has 1 aliphatic heterocycles. The molecule has 0 radical (unpaired) electrons. The number of carbonyl (C=O) groups is 1. The number of ether oxygens (including phenoxy) is 1. The van der Waals surface area contributed by atoms with Gasteiger partial charge in [0.05, 0.1) is 4.34 Å². The SMILES string of the molecule is O=C(NCc1cccc(OCc2cccc(F)c2)c1)[C@@H]1CCCN1S(=O)(=O)c1ccc(Cl)s1. The molecule has 1 amide bonds. The van der Waals surface area contributed by atoms with Gasteiger partial charge in [0.25, 0.3) is 10.0 Å². The molecule has 6 nitrogen and oxygen atoms in total. The van der Waals surface area contributed by atoms with Gasteiger partial charge in [0.15, 0.2) is 0 Å². The Kier molecular flexibility index (Phi) is 7.33. The molecular formula is C23H22ClFN2O4S2. The number of sulfonamides is 1. The van der Waals surface area contributed by atoms with E-state index in [0.29, 0.717) is 35.0 Å². The molecular weight excluding hydrogens is 487 g/mol. The Bertz CT molecular complexity index is 1250. The zero-order valence-electron chi connectivity index (χ0n) is 17.5. The van der Waals surface area contributed by atoms with Gasteiger partial charge in [-0.05, 0) is 60.4 Å². The van der Waals surface area contributed by atoms with E-state index in [1.807, 2.05) is 6.07 Å². The van der Waals surface area contributed by atoms with Crippen LogP contribution in [-0.4, -0.2) is 31.2 Å². The lowest BCUT2D eigenvalue weighted by Crippen LogP contribution is -2.45. The molecule has 1 fully saturated rings. The van der Waals surface area contributed by atoms with Crippen LogP contribution in [0, 0.1) is 5.82 Å². The molecule has 2 heterocycles. The minimum Gasteiger partial charge on any atom is -0.489 e. The predicted molar refractivity (Wildman–Crippen MR) is 125 cm³/mol. The third kappa shape index (κ3) is 5.73. The molecule has 0 aliphatic carbocycles. The zero-order chi connectivity index (χ0) is 23.4. The molecule has 0 unspecified atom stereocenters. The first kappa shape index (κ1) is 23.7. The summed E-state index contributed by atoms with van der Waals surface area (Å²) in [5.74, 6) is -0.0758. The number of halogens is 2. The molecule has 1 atom stereocenters. The van der Waals surface area contributed by atoms with Crippen molar-refractivity contribution < 1.29 is 22.3 Å². The third-order valence-electron chi connectivity index (χ3n) is 5.28. The molecule has 1 aliphatic rings. The van der Waals surface area contributed by atoms with Gasteiger partial charge >= 0.3 is 0 Å². The molecule has 4 rings (SSSR count). The van der Waals surface area contributed by atoms with Gasteiger partial charge in [0, 0.05) is 13.1 Å². The number of thiophene rings is 1. The van der Waals surface area contributed by atoms with Gasteiger partial charge in [-0.1, -0.05) is 35.9 Å². The van der Waals surface area contributed by atoms with Crippen LogP contribution in [0.5, 0.6) is 5.75 Å². The van der Waals surface area contributed by atoms with Crippen LogP contribution in [0.3, 0.4) is 0 Å². The number of nitrogens with one attached hydrogen (secondary N) is 1. The summed E-state index contributed by atoms with van der Waals surface area (Å²) in [7, 11) is -3.78. The maximum Gasteiger partial charge on any atom is 0.253 e. The summed E-state index contributed by atoms with van der Waals surface area (Å²) in [5.41, 5.74) is 1.51. The molecule has 0 bridgehead atoms. The summed E-state index contributed by atoms with van der Waals surface area (Å²) < 4.78 is 46.7. The molecule has 3 aromatic rings. The maximum absolute atomic E-state index is 13.3. The van der Waals surface area contributed by atoms with E-state index in [1.54, 1.807) is 30.3 Å². The lowest BCUT2D eigenvalue weighted by atomic mass is 10.2. The molecule has 0 saturated carbocycles. The average molecular weight is 509 g/mol. The lowest BCUT2D eigenvalue weighted by molar-refractivity contribution is -0.124. The first-order valence-electron chi connectivity index (χ1n) is 10.3. The first-order chi connectivity index (χ1) is 15.8. The third-order valence-corrected chi connectivity index (χ3v) is 8.88. The van der Waals surface area contributed by atoms with E-state index in [-0.39, 0.29) is 29.1 Å². The summed E-state index contributed by atoms with van der Waals surface area (Å²) in [6, 6.07) is 15.6. The number of nitrogens with zero attached hydrogens (tertiary/aromatic N) is 1. The molecule has 1 N–H and O–H groups in total. The Balaban J connectivity index is 1.36. The second kappa shape index (κ2) is 10.2. The van der Waals surface area contributed by atoms with Crippen molar-refractivity contribution in [2.24, 2.45) is 0 Å². The van der Waals surface area contributed by atoms with Crippen LogP contribution in [0.1, 0.15) is 24.0 Å². The van der Waals surface area contributed by atoms with Crippen molar-refractivity contribution in [3.8, 4) is 5.75 Å². The van der Waals surface area contributed by atoms with Gasteiger partial charge in [-0.25, -0.2) is 12.8 Å². The fraction of sp³-hybridized carbons (Fsp3) is 0.261. The number of hydrogen-bond donors (Lipinski definition) is 1. The van der Waals surface area contributed by atoms with E-state index < -0.39 is 16.1 Å². The molecule has 10 heteroatoms. The zero-order valence-corrected chi connectivity index (χ0v) is 19.9. The fourth-order valence-electron chi connectivity index (χ4n) is 3.69. The van der Waals surface area contributed by atoms with Crippen LogP contribution in [-0.2, 0) is 28.0 Å². The highest BCUT2D eigenvalue weighted by molar-refractivity contribution is 7.91. The minimum atomic E-state index is -3.78. The molecule has 33 heavy (non-hydrogen) atoms. The molecule has 0 spiro atoms. The van der Waals surface area contributed by atoms with Gasteiger partial charge in [0.2, 0.25) is 5.91 Å². The monoisotopic (exact) mass is 508 g/mol. The standard InChI is InChI=1S/C23H22ClFN2O4S2/c24-21-9-10-22(32-21)33(29,30)27-11-3-8-20(27)23(28)26-14-16-4-2-7-19(13-16)31-15-17-5-1-6-18(25)12-17/h1-2,4-7,9-10,12-13,20H,3,8,11,14-15H2,(H,26,28)/t20-/m0/s1. The summed E-state index contributed by atoms with van der Waals surface area (Å²) in [6.45, 7) is 0.736. The summed E-state index contributed by atoms with van der Waals surface area (Å²) in [4.78, 5) is 12.8. The van der Waals surface area contributed by atoms with Gasteiger partial charge in [-0.2, -0.15) is 4.31 Å². The summed E-state index contributed by atoms with van der Waals surface area (Å²) in [6.07, 6.45) is 1.07. The Morgan fingerprint density at radius 2 is 1.94 bits per heavy atom. The number of benzene rings is 2. The van der Waals surface area contributed by atoms with Crippen LogP contribution in [0.4, 0.5) is 4.39 Å². The van der Waals surface area contributed by atoms with Gasteiger partial charge in [-0.3, -0.25) is 4.79 Å². The van der Waals surface area contributed by atoms with Crippen molar-refractivity contribution >= 4 is 38.9 Å². The number of hydrogen-bond acceptors (Lipinski definition) is 5. The normalized spacial score (nSPS) is 16.6. The Labute approximate surface area is 201 Å². The highest BCUT2D eigenvalue weighted by Crippen LogP contribution is 2.32. The van der Waals surface area contributed by atoms with E-state index in [2.05, 4.69) is 5.32 Å². The van der Waals surface area contributed by atoms with Crippen LogP contribution < -0.4 is 10.1 Å². The highest BCUT2D eigenvalue weighted by Gasteiger charge is 2.40. The second-order valence-electron chi connectivity index (χ2n) is 7.62. The van der Waals surface area contributed by atoms with E-state index in [1.165, 1.54) is 28.6 Å². The van der Waals surface area contributed by atoms with Crippen LogP contribution in [0.2, 0.25) is 4.34 Å². The van der Waals surface area contributed by atoms with E-state index in [0.717, 1.165) is 16.9 Å². The largest absolute Gasteiger partial charge is 0.489 e. The summed E-state index contributed by atoms with van der Waals surface area (Å²) in [5, 5.41) is 2.84. The van der Waals surface area contributed by atoms with E-state index in [9.17, 15) is 17.6 Å². The quantitative estimate of drug-likeness (QED) is 0.483. The van der Waals surface area contributed by atoms with Crippen LogP contribution in [0.25, 0.3) is 0 Å². The van der Waals surface area contributed by atoms with Crippen molar-refractivity contribution in [1.82, 2.24) is 9.62 Å². The number of carbonyl (C=O) groups excluding carboxylic acids is 1. The minimum absolute atomic E-state index is 0.135. The van der Waals surface area contributed by atoms with Crippen LogP contribution >= 0.6 is 22.9 Å². The Hall–Kier alpha value is -2.46. The Morgan fingerprint density at radius 1 is 1.15 bits per heavy atom. The predicted octanol–water partition coefficient (Wildman–Crippen LogP) is 4.59. The van der Waals surface area contributed by atoms with Crippen molar-refractivity contribution in [3.05, 3.63) is 81.9 Å². The molecule has 2 aromatic carbocycles. The second-order valence-corrected chi connectivity index (χ2v) is 11.4. The van der Waals surface area contributed by atoms with E-state index >= 15 is 0 Å². The van der Waals surface area contributed by atoms with Gasteiger partial charge in [0.1, 0.15) is 28.4 Å². The smallest absolute Gasteiger partial charge is 0.253 e.